The summed E-state index contributed by atoms with van der Waals surface area (Å²) in [6.45, 7) is 7.09. The molecule has 0 amide bonds. The number of ether oxygens (including phenoxy) is 2. The van der Waals surface area contributed by atoms with Crippen LogP contribution in [-0.4, -0.2) is 61.4 Å². The number of methoxy groups -OCH3 is 2. The van der Waals surface area contributed by atoms with E-state index in [1.807, 2.05) is 6.07 Å². The summed E-state index contributed by atoms with van der Waals surface area (Å²) in [5.74, 6) is 1.62. The first-order valence-electron chi connectivity index (χ1n) is 9.96. The Bertz CT molecular complexity index is 726. The van der Waals surface area contributed by atoms with E-state index in [9.17, 15) is 5.11 Å². The summed E-state index contributed by atoms with van der Waals surface area (Å²) >= 11 is 0. The van der Waals surface area contributed by atoms with Crippen molar-refractivity contribution in [3.8, 4) is 11.5 Å². The summed E-state index contributed by atoms with van der Waals surface area (Å²) in [5, 5.41) is 9.59. The van der Waals surface area contributed by atoms with Crippen LogP contribution in [0.5, 0.6) is 11.5 Å². The second-order valence-corrected chi connectivity index (χ2v) is 7.58. The van der Waals surface area contributed by atoms with E-state index in [1.165, 1.54) is 16.7 Å². The fraction of sp³-hybridized carbons (Fsp3) is 0.478. The summed E-state index contributed by atoms with van der Waals surface area (Å²) in [6.07, 6.45) is 0.783. The zero-order valence-corrected chi connectivity index (χ0v) is 17.2. The Morgan fingerprint density at radius 3 is 2.21 bits per heavy atom. The lowest BCUT2D eigenvalue weighted by molar-refractivity contribution is 0.0499. The van der Waals surface area contributed by atoms with E-state index in [2.05, 4.69) is 53.1 Å². The SMILES string of the molecule is COc1cc(CN2CCN(Cc3ccc(C)cc3)CC2CCO)cc(OC)c1. The molecule has 0 saturated carbocycles. The average Bonchev–Trinajstić information content (AvgIpc) is 2.71. The minimum Gasteiger partial charge on any atom is -0.497 e. The fourth-order valence-electron chi connectivity index (χ4n) is 3.88. The lowest BCUT2D eigenvalue weighted by Crippen LogP contribution is -2.52. The maximum Gasteiger partial charge on any atom is 0.122 e. The maximum atomic E-state index is 9.59. The number of hydrogen-bond donors (Lipinski definition) is 1. The number of aliphatic hydroxyl groups excluding tert-OH is 1. The Kier molecular flexibility index (Phi) is 7.31. The highest BCUT2D eigenvalue weighted by Gasteiger charge is 2.27. The quantitative estimate of drug-likeness (QED) is 0.758. The van der Waals surface area contributed by atoms with Crippen molar-refractivity contribution in [2.24, 2.45) is 0 Å². The monoisotopic (exact) mass is 384 g/mol. The molecule has 0 bridgehead atoms. The standard InChI is InChI=1S/C23H32N2O3/c1-18-4-6-19(7-5-18)15-24-9-10-25(21(17-24)8-11-26)16-20-12-22(27-2)14-23(13-20)28-3/h4-7,12-14,21,26H,8-11,15-17H2,1-3H3. The van der Waals surface area contributed by atoms with Crippen molar-refractivity contribution in [3.63, 3.8) is 0 Å². The molecule has 1 atom stereocenters. The number of aliphatic hydroxyl groups is 1. The van der Waals surface area contributed by atoms with Crippen LogP contribution in [0, 0.1) is 6.92 Å². The molecule has 1 aliphatic rings. The largest absolute Gasteiger partial charge is 0.497 e. The van der Waals surface area contributed by atoms with E-state index in [1.54, 1.807) is 14.2 Å². The Labute approximate surface area is 168 Å². The van der Waals surface area contributed by atoms with Crippen molar-refractivity contribution >= 4 is 0 Å². The Balaban J connectivity index is 1.66. The van der Waals surface area contributed by atoms with Crippen molar-refractivity contribution in [1.29, 1.82) is 0 Å². The molecule has 1 saturated heterocycles. The van der Waals surface area contributed by atoms with E-state index in [0.29, 0.717) is 6.04 Å². The molecule has 5 nitrogen and oxygen atoms in total. The molecule has 2 aromatic rings. The van der Waals surface area contributed by atoms with Crippen molar-refractivity contribution in [2.45, 2.75) is 32.5 Å². The van der Waals surface area contributed by atoms with Crippen LogP contribution in [0.3, 0.4) is 0 Å². The molecule has 0 aromatic heterocycles. The van der Waals surface area contributed by atoms with Gasteiger partial charge in [-0.25, -0.2) is 0 Å². The van der Waals surface area contributed by atoms with E-state index in [4.69, 9.17) is 9.47 Å². The number of hydrogen-bond acceptors (Lipinski definition) is 5. The smallest absolute Gasteiger partial charge is 0.122 e. The van der Waals surface area contributed by atoms with Gasteiger partial charge in [0, 0.05) is 51.4 Å². The van der Waals surface area contributed by atoms with Gasteiger partial charge in [-0.1, -0.05) is 29.8 Å². The highest BCUT2D eigenvalue weighted by molar-refractivity contribution is 5.38. The van der Waals surface area contributed by atoms with Gasteiger partial charge in [0.1, 0.15) is 11.5 Å². The van der Waals surface area contributed by atoms with Gasteiger partial charge < -0.3 is 14.6 Å². The number of benzene rings is 2. The Morgan fingerprint density at radius 2 is 1.61 bits per heavy atom. The lowest BCUT2D eigenvalue weighted by Gasteiger charge is -2.41. The molecule has 0 spiro atoms. The van der Waals surface area contributed by atoms with Crippen molar-refractivity contribution in [3.05, 3.63) is 59.2 Å². The minimum atomic E-state index is 0.209. The van der Waals surface area contributed by atoms with Gasteiger partial charge in [-0.3, -0.25) is 9.80 Å². The molecule has 1 heterocycles. The molecular formula is C23H32N2O3. The number of piperazine rings is 1. The van der Waals surface area contributed by atoms with Crippen LogP contribution in [-0.2, 0) is 13.1 Å². The molecule has 1 fully saturated rings. The van der Waals surface area contributed by atoms with Crippen molar-refractivity contribution in [2.75, 3.05) is 40.5 Å². The zero-order valence-electron chi connectivity index (χ0n) is 17.2. The Hall–Kier alpha value is -2.08. The van der Waals surface area contributed by atoms with E-state index in [-0.39, 0.29) is 6.61 Å². The van der Waals surface area contributed by atoms with Gasteiger partial charge in [0.15, 0.2) is 0 Å². The molecule has 28 heavy (non-hydrogen) atoms. The summed E-state index contributed by atoms with van der Waals surface area (Å²) in [7, 11) is 3.36. The van der Waals surface area contributed by atoms with Crippen molar-refractivity contribution < 1.29 is 14.6 Å². The van der Waals surface area contributed by atoms with E-state index in [0.717, 1.165) is 50.6 Å². The normalized spacial score (nSPS) is 18.2. The molecule has 152 valence electrons. The molecule has 1 aliphatic heterocycles. The second kappa shape index (κ2) is 9.92. The maximum absolute atomic E-state index is 9.59. The van der Waals surface area contributed by atoms with Crippen LogP contribution in [0.2, 0.25) is 0 Å². The summed E-state index contributed by atoms with van der Waals surface area (Å²) < 4.78 is 10.8. The molecule has 5 heteroatoms. The fourth-order valence-corrected chi connectivity index (χ4v) is 3.88. The van der Waals surface area contributed by atoms with Gasteiger partial charge in [-0.15, -0.1) is 0 Å². The van der Waals surface area contributed by atoms with Gasteiger partial charge in [-0.2, -0.15) is 0 Å². The van der Waals surface area contributed by atoms with Gasteiger partial charge >= 0.3 is 0 Å². The Morgan fingerprint density at radius 1 is 0.929 bits per heavy atom. The lowest BCUT2D eigenvalue weighted by atomic mass is 10.1. The van der Waals surface area contributed by atoms with Crippen molar-refractivity contribution in [1.82, 2.24) is 9.80 Å². The number of nitrogens with zero attached hydrogens (tertiary/aromatic N) is 2. The van der Waals surface area contributed by atoms with Gasteiger partial charge in [0.05, 0.1) is 14.2 Å². The predicted molar refractivity (Wildman–Crippen MR) is 112 cm³/mol. The third-order valence-corrected chi connectivity index (χ3v) is 5.47. The van der Waals surface area contributed by atoms with Crippen LogP contribution in [0.15, 0.2) is 42.5 Å². The van der Waals surface area contributed by atoms with Crippen LogP contribution in [0.25, 0.3) is 0 Å². The highest BCUT2D eigenvalue weighted by Crippen LogP contribution is 2.25. The summed E-state index contributed by atoms with van der Waals surface area (Å²) in [4.78, 5) is 4.96. The van der Waals surface area contributed by atoms with Gasteiger partial charge in [0.25, 0.3) is 0 Å². The minimum absolute atomic E-state index is 0.209. The van der Waals surface area contributed by atoms with Crippen LogP contribution in [0.4, 0.5) is 0 Å². The molecule has 2 aromatic carbocycles. The van der Waals surface area contributed by atoms with Gasteiger partial charge in [-0.05, 0) is 36.6 Å². The molecular weight excluding hydrogens is 352 g/mol. The zero-order chi connectivity index (χ0) is 19.9. The molecule has 1 N–H and O–H groups in total. The average molecular weight is 385 g/mol. The molecule has 0 aliphatic carbocycles. The first kappa shape index (κ1) is 20.6. The molecule has 0 radical (unpaired) electrons. The molecule has 1 unspecified atom stereocenters. The first-order valence-corrected chi connectivity index (χ1v) is 9.96. The number of rotatable bonds is 8. The third-order valence-electron chi connectivity index (χ3n) is 5.47. The van der Waals surface area contributed by atoms with E-state index >= 15 is 0 Å². The molecule has 3 rings (SSSR count). The van der Waals surface area contributed by atoms with Gasteiger partial charge in [0.2, 0.25) is 0 Å². The van der Waals surface area contributed by atoms with Crippen LogP contribution < -0.4 is 9.47 Å². The van der Waals surface area contributed by atoms with Crippen LogP contribution in [0.1, 0.15) is 23.1 Å². The first-order chi connectivity index (χ1) is 13.6. The highest BCUT2D eigenvalue weighted by atomic mass is 16.5. The topological polar surface area (TPSA) is 45.2 Å². The predicted octanol–water partition coefficient (Wildman–Crippen LogP) is 3.08. The van der Waals surface area contributed by atoms with Crippen LogP contribution >= 0.6 is 0 Å². The second-order valence-electron chi connectivity index (χ2n) is 7.58. The number of aryl methyl sites for hydroxylation is 1. The summed E-state index contributed by atoms with van der Waals surface area (Å²) in [6, 6.07) is 15.1. The van der Waals surface area contributed by atoms with E-state index < -0.39 is 0 Å². The summed E-state index contributed by atoms with van der Waals surface area (Å²) in [5.41, 5.74) is 3.81. The third kappa shape index (κ3) is 5.47.